The van der Waals surface area contributed by atoms with E-state index >= 15 is 0 Å². The van der Waals surface area contributed by atoms with Crippen LogP contribution in [0.2, 0.25) is 0 Å². The summed E-state index contributed by atoms with van der Waals surface area (Å²) >= 11 is 4.71. The summed E-state index contributed by atoms with van der Waals surface area (Å²) in [5.41, 5.74) is 0.873. The summed E-state index contributed by atoms with van der Waals surface area (Å²) in [6.45, 7) is 2.05. The minimum Gasteiger partial charge on any atom is -0.336 e. The van der Waals surface area contributed by atoms with Gasteiger partial charge in [-0.2, -0.15) is 0 Å². The van der Waals surface area contributed by atoms with Crippen LogP contribution in [0.25, 0.3) is 0 Å². The van der Waals surface area contributed by atoms with Crippen LogP contribution in [-0.2, 0) is 6.54 Å². The number of halogens is 2. The molecule has 100 valence electrons. The Labute approximate surface area is 123 Å². The summed E-state index contributed by atoms with van der Waals surface area (Å²) < 4.78 is 14.4. The molecular weight excluding hydrogens is 331 g/mol. The quantitative estimate of drug-likeness (QED) is 0.853. The molecule has 2 rings (SSSR count). The maximum atomic E-state index is 13.6. The first-order valence-electron chi connectivity index (χ1n) is 5.59. The van der Waals surface area contributed by atoms with Gasteiger partial charge in [0, 0.05) is 29.0 Å². The summed E-state index contributed by atoms with van der Waals surface area (Å²) in [5, 5.41) is 2.55. The molecule has 0 unspecified atom stereocenters. The first-order valence-corrected chi connectivity index (χ1v) is 7.26. The second-order valence-electron chi connectivity index (χ2n) is 4.15. The largest absolute Gasteiger partial charge is 0.336 e. The van der Waals surface area contributed by atoms with E-state index in [1.807, 2.05) is 6.92 Å². The molecule has 0 bridgehead atoms. The fourth-order valence-electron chi connectivity index (χ4n) is 1.65. The summed E-state index contributed by atoms with van der Waals surface area (Å²) in [7, 11) is 1.64. The average Bonchev–Trinajstić information content (AvgIpc) is 2.79. The monoisotopic (exact) mass is 342 g/mol. The fraction of sp³-hybridized carbons (Fsp3) is 0.231. The highest BCUT2D eigenvalue weighted by Gasteiger charge is 2.16. The van der Waals surface area contributed by atoms with Crippen LogP contribution in [0, 0.1) is 12.7 Å². The van der Waals surface area contributed by atoms with Crippen LogP contribution >= 0.6 is 27.3 Å². The molecule has 0 N–H and O–H groups in total. The molecule has 1 aromatic heterocycles. The van der Waals surface area contributed by atoms with Crippen molar-refractivity contribution in [2.45, 2.75) is 13.5 Å². The molecule has 0 saturated carbocycles. The molecule has 2 aromatic rings. The Morgan fingerprint density at radius 2 is 2.26 bits per heavy atom. The van der Waals surface area contributed by atoms with Crippen LogP contribution in [0.3, 0.4) is 0 Å². The molecule has 0 saturated heterocycles. The predicted octanol–water partition coefficient (Wildman–Crippen LogP) is 3.63. The molecule has 0 aliphatic heterocycles. The van der Waals surface area contributed by atoms with Gasteiger partial charge in [0.15, 0.2) is 0 Å². The number of hydrogen-bond donors (Lipinski definition) is 0. The zero-order valence-corrected chi connectivity index (χ0v) is 12.9. The van der Waals surface area contributed by atoms with Gasteiger partial charge in [-0.05, 0) is 25.1 Å². The molecule has 0 fully saturated rings. The van der Waals surface area contributed by atoms with Crippen molar-refractivity contribution in [2.24, 2.45) is 0 Å². The zero-order chi connectivity index (χ0) is 14.0. The normalized spacial score (nSPS) is 10.5. The number of carbonyl (C=O) groups is 1. The van der Waals surface area contributed by atoms with Gasteiger partial charge in [-0.1, -0.05) is 15.9 Å². The van der Waals surface area contributed by atoms with Crippen molar-refractivity contribution >= 4 is 33.2 Å². The van der Waals surface area contributed by atoms with Gasteiger partial charge < -0.3 is 4.90 Å². The van der Waals surface area contributed by atoms with Gasteiger partial charge in [0.25, 0.3) is 5.91 Å². The van der Waals surface area contributed by atoms with E-state index in [-0.39, 0.29) is 18.3 Å². The number of rotatable bonds is 3. The predicted molar refractivity (Wildman–Crippen MR) is 76.7 cm³/mol. The van der Waals surface area contributed by atoms with Gasteiger partial charge in [0.05, 0.1) is 5.01 Å². The maximum Gasteiger partial charge on any atom is 0.273 e. The summed E-state index contributed by atoms with van der Waals surface area (Å²) in [5.74, 6) is -0.527. The second kappa shape index (κ2) is 5.79. The number of benzene rings is 1. The number of thiazole rings is 1. The molecule has 1 aromatic carbocycles. The van der Waals surface area contributed by atoms with Crippen molar-refractivity contribution < 1.29 is 9.18 Å². The van der Waals surface area contributed by atoms with Crippen LogP contribution in [0.5, 0.6) is 0 Å². The van der Waals surface area contributed by atoms with Crippen LogP contribution in [0.15, 0.2) is 28.1 Å². The molecule has 1 amide bonds. The maximum absolute atomic E-state index is 13.6. The van der Waals surface area contributed by atoms with Gasteiger partial charge in [0.1, 0.15) is 11.5 Å². The Kier molecular flexibility index (Phi) is 4.31. The van der Waals surface area contributed by atoms with E-state index in [1.54, 1.807) is 24.6 Å². The Hall–Kier alpha value is -1.27. The third kappa shape index (κ3) is 3.39. The van der Waals surface area contributed by atoms with Crippen molar-refractivity contribution in [3.05, 3.63) is 50.1 Å². The molecule has 0 aliphatic carbocycles. The highest BCUT2D eigenvalue weighted by Crippen LogP contribution is 2.18. The van der Waals surface area contributed by atoms with E-state index in [4.69, 9.17) is 0 Å². The molecule has 0 radical (unpaired) electrons. The number of hydrogen-bond acceptors (Lipinski definition) is 3. The minimum absolute atomic E-state index is 0.205. The molecule has 0 spiro atoms. The van der Waals surface area contributed by atoms with Crippen molar-refractivity contribution in [1.29, 1.82) is 0 Å². The Morgan fingerprint density at radius 1 is 1.53 bits per heavy atom. The van der Waals surface area contributed by atoms with Gasteiger partial charge in [-0.3, -0.25) is 4.79 Å². The van der Waals surface area contributed by atoms with Crippen molar-refractivity contribution in [1.82, 2.24) is 9.88 Å². The topological polar surface area (TPSA) is 33.2 Å². The SMILES string of the molecule is Cc1nc(C(=O)N(C)Cc2cc(Br)ccc2F)cs1. The number of aromatic nitrogens is 1. The summed E-state index contributed by atoms with van der Waals surface area (Å²) in [4.78, 5) is 17.7. The summed E-state index contributed by atoms with van der Waals surface area (Å²) in [6, 6.07) is 4.68. The average molecular weight is 343 g/mol. The van der Waals surface area contributed by atoms with E-state index in [9.17, 15) is 9.18 Å². The lowest BCUT2D eigenvalue weighted by molar-refractivity contribution is 0.0778. The van der Waals surface area contributed by atoms with Gasteiger partial charge in [-0.25, -0.2) is 9.37 Å². The van der Waals surface area contributed by atoms with E-state index in [1.165, 1.54) is 22.3 Å². The Morgan fingerprint density at radius 3 is 2.89 bits per heavy atom. The highest BCUT2D eigenvalue weighted by molar-refractivity contribution is 9.10. The van der Waals surface area contributed by atoms with Crippen molar-refractivity contribution in [3.8, 4) is 0 Å². The Balaban J connectivity index is 2.14. The van der Waals surface area contributed by atoms with E-state index in [2.05, 4.69) is 20.9 Å². The number of nitrogens with zero attached hydrogens (tertiary/aromatic N) is 2. The van der Waals surface area contributed by atoms with E-state index in [0.29, 0.717) is 11.3 Å². The van der Waals surface area contributed by atoms with Crippen LogP contribution < -0.4 is 0 Å². The molecule has 6 heteroatoms. The lowest BCUT2D eigenvalue weighted by Gasteiger charge is -2.16. The fourth-order valence-corrected chi connectivity index (χ4v) is 2.64. The van der Waals surface area contributed by atoms with Crippen LogP contribution in [0.4, 0.5) is 4.39 Å². The van der Waals surface area contributed by atoms with E-state index in [0.717, 1.165) is 9.48 Å². The van der Waals surface area contributed by atoms with Crippen molar-refractivity contribution in [3.63, 3.8) is 0 Å². The summed E-state index contributed by atoms with van der Waals surface area (Å²) in [6.07, 6.45) is 0. The molecule has 19 heavy (non-hydrogen) atoms. The third-order valence-electron chi connectivity index (χ3n) is 2.60. The molecular formula is C13H12BrFN2OS. The first-order chi connectivity index (χ1) is 8.97. The van der Waals surface area contributed by atoms with Gasteiger partial charge in [0.2, 0.25) is 0 Å². The smallest absolute Gasteiger partial charge is 0.273 e. The minimum atomic E-state index is -0.322. The first kappa shape index (κ1) is 14.1. The van der Waals surface area contributed by atoms with Crippen molar-refractivity contribution in [2.75, 3.05) is 7.05 Å². The van der Waals surface area contributed by atoms with Gasteiger partial charge >= 0.3 is 0 Å². The molecule has 0 aliphatic rings. The van der Waals surface area contributed by atoms with Crippen LogP contribution in [-0.4, -0.2) is 22.8 Å². The lowest BCUT2D eigenvalue weighted by atomic mass is 10.2. The molecule has 1 heterocycles. The molecule has 0 atom stereocenters. The third-order valence-corrected chi connectivity index (χ3v) is 3.87. The zero-order valence-electron chi connectivity index (χ0n) is 10.5. The Bertz CT molecular complexity index is 614. The highest BCUT2D eigenvalue weighted by atomic mass is 79.9. The van der Waals surface area contributed by atoms with Gasteiger partial charge in [-0.15, -0.1) is 11.3 Å². The number of carbonyl (C=O) groups excluding carboxylic acids is 1. The van der Waals surface area contributed by atoms with Crippen LogP contribution in [0.1, 0.15) is 21.1 Å². The van der Waals surface area contributed by atoms with E-state index < -0.39 is 0 Å². The second-order valence-corrected chi connectivity index (χ2v) is 6.13. The molecule has 3 nitrogen and oxygen atoms in total. The standard InChI is InChI=1S/C13H12BrFN2OS/c1-8-16-12(7-19-8)13(18)17(2)6-9-5-10(14)3-4-11(9)15/h3-5,7H,6H2,1-2H3. The number of amides is 1. The lowest BCUT2D eigenvalue weighted by Crippen LogP contribution is -2.26. The number of aryl methyl sites for hydroxylation is 1.